The van der Waals surface area contributed by atoms with Gasteiger partial charge in [-0.05, 0) is 36.8 Å². The largest absolute Gasteiger partial charge is 0.493 e. The molecule has 0 aliphatic heterocycles. The summed E-state index contributed by atoms with van der Waals surface area (Å²) in [4.78, 5) is 10.7. The smallest absolute Gasteiger partial charge is 0.332 e. The van der Waals surface area contributed by atoms with Gasteiger partial charge in [-0.2, -0.15) is 5.10 Å². The fourth-order valence-electron chi connectivity index (χ4n) is 2.39. The van der Waals surface area contributed by atoms with Crippen molar-refractivity contribution < 1.29 is 23.7 Å². The van der Waals surface area contributed by atoms with Crippen LogP contribution in [-0.2, 0) is 0 Å². The first-order valence-corrected chi connectivity index (χ1v) is 9.36. The van der Waals surface area contributed by atoms with Gasteiger partial charge in [-0.3, -0.25) is 0 Å². The van der Waals surface area contributed by atoms with Crippen molar-refractivity contribution in [2.75, 3.05) is 26.9 Å². The van der Waals surface area contributed by atoms with Crippen molar-refractivity contribution >= 4 is 23.8 Å². The van der Waals surface area contributed by atoms with E-state index in [4.69, 9.17) is 36.3 Å². The molecule has 2 aromatic rings. The summed E-state index contributed by atoms with van der Waals surface area (Å²) in [6.07, 6.45) is 2.04. The fourth-order valence-corrected chi connectivity index (χ4v) is 2.66. The summed E-state index contributed by atoms with van der Waals surface area (Å²) in [5.41, 5.74) is 7.71. The third kappa shape index (κ3) is 7.08. The summed E-state index contributed by atoms with van der Waals surface area (Å²) in [6, 6.07) is 10.0. The van der Waals surface area contributed by atoms with Crippen LogP contribution in [-0.4, -0.2) is 39.2 Å². The molecule has 3 N–H and O–H groups in total. The maximum Gasteiger partial charge on any atom is 0.332 e. The highest BCUT2D eigenvalue weighted by Gasteiger charge is 2.12. The zero-order valence-corrected chi connectivity index (χ0v) is 17.1. The molecule has 9 heteroatoms. The minimum atomic E-state index is -0.757. The molecule has 0 radical (unpaired) electrons. The molecular weight excluding hydrogens is 398 g/mol. The van der Waals surface area contributed by atoms with Gasteiger partial charge in [0, 0.05) is 6.42 Å². The Bertz CT molecular complexity index is 845. The minimum absolute atomic E-state index is 0.363. The van der Waals surface area contributed by atoms with Gasteiger partial charge in [-0.15, -0.1) is 0 Å². The summed E-state index contributed by atoms with van der Waals surface area (Å²) in [5, 5.41) is 4.07. The number of amides is 2. The Morgan fingerprint density at radius 1 is 1.14 bits per heavy atom. The molecule has 29 heavy (non-hydrogen) atoms. The predicted molar refractivity (Wildman–Crippen MR) is 112 cm³/mol. The molecule has 0 saturated heterocycles. The molecule has 0 aliphatic rings. The Balaban J connectivity index is 1.95. The van der Waals surface area contributed by atoms with Gasteiger partial charge in [-0.25, -0.2) is 10.2 Å². The van der Waals surface area contributed by atoms with Crippen molar-refractivity contribution in [1.29, 1.82) is 0 Å². The molecule has 0 spiro atoms. The van der Waals surface area contributed by atoms with E-state index in [9.17, 15) is 4.79 Å². The molecule has 2 aromatic carbocycles. The van der Waals surface area contributed by atoms with E-state index in [1.807, 2.05) is 31.2 Å². The van der Waals surface area contributed by atoms with E-state index in [1.54, 1.807) is 19.2 Å². The molecule has 2 rings (SSSR count). The first kappa shape index (κ1) is 22.2. The topological polar surface area (TPSA) is 104 Å². The van der Waals surface area contributed by atoms with Crippen LogP contribution in [0.2, 0.25) is 5.02 Å². The van der Waals surface area contributed by atoms with Crippen LogP contribution in [0.25, 0.3) is 0 Å². The summed E-state index contributed by atoms with van der Waals surface area (Å²) < 4.78 is 22.4. The van der Waals surface area contributed by atoms with E-state index >= 15 is 0 Å². The second-order valence-corrected chi connectivity index (χ2v) is 6.11. The van der Waals surface area contributed by atoms with E-state index in [0.29, 0.717) is 59.8 Å². The first-order valence-electron chi connectivity index (χ1n) is 8.98. The number of carbonyl (C=O) groups is 1. The highest BCUT2D eigenvalue weighted by atomic mass is 35.5. The molecule has 0 unspecified atom stereocenters. The lowest BCUT2D eigenvalue weighted by Crippen LogP contribution is -2.24. The van der Waals surface area contributed by atoms with Crippen LogP contribution >= 0.6 is 11.6 Å². The Labute approximate surface area is 174 Å². The van der Waals surface area contributed by atoms with Gasteiger partial charge in [0.2, 0.25) is 0 Å². The Kier molecular flexibility index (Phi) is 8.91. The lowest BCUT2D eigenvalue weighted by Gasteiger charge is -2.15. The molecule has 0 saturated carbocycles. The normalized spacial score (nSPS) is 10.6. The second kappa shape index (κ2) is 11.7. The van der Waals surface area contributed by atoms with E-state index in [1.165, 1.54) is 6.21 Å². The molecular formula is C20H24ClN3O5. The van der Waals surface area contributed by atoms with Crippen LogP contribution in [0.5, 0.6) is 23.0 Å². The molecule has 0 aromatic heterocycles. The van der Waals surface area contributed by atoms with Crippen molar-refractivity contribution in [2.45, 2.75) is 13.3 Å². The van der Waals surface area contributed by atoms with Crippen molar-refractivity contribution in [2.24, 2.45) is 10.8 Å². The number of nitrogens with zero attached hydrogens (tertiary/aromatic N) is 1. The zero-order valence-electron chi connectivity index (χ0n) is 16.3. The lowest BCUT2D eigenvalue weighted by atomic mass is 10.2. The molecule has 0 heterocycles. The van der Waals surface area contributed by atoms with Crippen LogP contribution in [0, 0.1) is 0 Å². The average Bonchev–Trinajstić information content (AvgIpc) is 2.69. The van der Waals surface area contributed by atoms with Crippen LogP contribution in [0.3, 0.4) is 0 Å². The van der Waals surface area contributed by atoms with Crippen molar-refractivity contribution in [3.05, 3.63) is 47.0 Å². The van der Waals surface area contributed by atoms with Crippen LogP contribution in [0.4, 0.5) is 4.79 Å². The number of primary amides is 1. The molecule has 0 fully saturated rings. The second-order valence-electron chi connectivity index (χ2n) is 5.70. The van der Waals surface area contributed by atoms with Gasteiger partial charge in [-0.1, -0.05) is 23.7 Å². The number of hydrazone groups is 1. The monoisotopic (exact) mass is 421 g/mol. The van der Waals surface area contributed by atoms with E-state index in [-0.39, 0.29) is 0 Å². The average molecular weight is 422 g/mol. The summed E-state index contributed by atoms with van der Waals surface area (Å²) in [6.45, 7) is 3.12. The number of nitrogens with two attached hydrogens (primary N) is 1. The van der Waals surface area contributed by atoms with Crippen LogP contribution < -0.4 is 30.1 Å². The first-order chi connectivity index (χ1) is 14.0. The minimum Gasteiger partial charge on any atom is -0.493 e. The third-order valence-corrected chi connectivity index (χ3v) is 3.86. The van der Waals surface area contributed by atoms with Crippen molar-refractivity contribution in [1.82, 2.24) is 5.43 Å². The highest BCUT2D eigenvalue weighted by Crippen LogP contribution is 2.36. The van der Waals surface area contributed by atoms with Gasteiger partial charge >= 0.3 is 6.03 Å². The zero-order chi connectivity index (χ0) is 21.1. The number of rotatable bonds is 11. The standard InChI is InChI=1S/C20H24ClN3O5/c1-3-27-18-12-14(13-23-24-20(22)25)11-15(21)19(18)29-10-6-9-28-17-8-5-4-7-16(17)26-2/h4-5,7-8,11-13H,3,6,9-10H2,1-2H3,(H3,22,24,25). The number of halogens is 1. The quantitative estimate of drug-likeness (QED) is 0.327. The molecule has 2 amide bonds. The third-order valence-electron chi connectivity index (χ3n) is 3.58. The van der Waals surface area contributed by atoms with E-state index in [2.05, 4.69) is 10.5 Å². The fraction of sp³-hybridized carbons (Fsp3) is 0.300. The van der Waals surface area contributed by atoms with Crippen molar-refractivity contribution in [3.63, 3.8) is 0 Å². The maximum atomic E-state index is 10.7. The lowest BCUT2D eigenvalue weighted by molar-refractivity contribution is 0.231. The number of urea groups is 1. The number of para-hydroxylation sites is 2. The molecule has 156 valence electrons. The van der Waals surface area contributed by atoms with Gasteiger partial charge in [0.05, 0.1) is 38.2 Å². The predicted octanol–water partition coefficient (Wildman–Crippen LogP) is 3.60. The Hall–Kier alpha value is -3.13. The summed E-state index contributed by atoms with van der Waals surface area (Å²) >= 11 is 6.33. The molecule has 0 aliphatic carbocycles. The summed E-state index contributed by atoms with van der Waals surface area (Å²) in [5.74, 6) is 2.27. The Morgan fingerprint density at radius 3 is 2.55 bits per heavy atom. The molecule has 0 atom stereocenters. The van der Waals surface area contributed by atoms with Crippen LogP contribution in [0.15, 0.2) is 41.5 Å². The number of ether oxygens (including phenoxy) is 4. The highest BCUT2D eigenvalue weighted by molar-refractivity contribution is 6.32. The molecule has 8 nitrogen and oxygen atoms in total. The maximum absolute atomic E-state index is 10.7. The van der Waals surface area contributed by atoms with E-state index < -0.39 is 6.03 Å². The van der Waals surface area contributed by atoms with E-state index in [0.717, 1.165) is 0 Å². The SMILES string of the molecule is CCOc1cc(C=NNC(N)=O)cc(Cl)c1OCCCOc1ccccc1OC. The van der Waals surface area contributed by atoms with Crippen molar-refractivity contribution in [3.8, 4) is 23.0 Å². The Morgan fingerprint density at radius 2 is 1.86 bits per heavy atom. The summed E-state index contributed by atoms with van der Waals surface area (Å²) in [7, 11) is 1.60. The number of benzene rings is 2. The number of methoxy groups -OCH3 is 1. The van der Waals surface area contributed by atoms with Gasteiger partial charge in [0.1, 0.15) is 0 Å². The van der Waals surface area contributed by atoms with Gasteiger partial charge in [0.25, 0.3) is 0 Å². The molecule has 0 bridgehead atoms. The number of nitrogens with one attached hydrogen (secondary N) is 1. The number of hydrogen-bond donors (Lipinski definition) is 2. The van der Waals surface area contributed by atoms with Gasteiger partial charge < -0.3 is 24.7 Å². The number of hydrogen-bond acceptors (Lipinski definition) is 6. The van der Waals surface area contributed by atoms with Gasteiger partial charge in [0.15, 0.2) is 23.0 Å². The number of carbonyl (C=O) groups excluding carboxylic acids is 1. The van der Waals surface area contributed by atoms with Crippen LogP contribution in [0.1, 0.15) is 18.9 Å².